The van der Waals surface area contributed by atoms with E-state index >= 15 is 0 Å². The van der Waals surface area contributed by atoms with Crippen molar-refractivity contribution in [3.63, 3.8) is 0 Å². The number of aromatic nitrogens is 2. The van der Waals surface area contributed by atoms with Crippen molar-refractivity contribution >= 4 is 0 Å². The molecule has 2 aliphatic heterocycles. The van der Waals surface area contributed by atoms with Crippen LogP contribution in [0.5, 0.6) is 0 Å². The van der Waals surface area contributed by atoms with Crippen LogP contribution in [0.2, 0.25) is 0 Å². The summed E-state index contributed by atoms with van der Waals surface area (Å²) < 4.78 is 0. The second kappa shape index (κ2) is 4.47. The average molecular weight is 218 g/mol. The molecule has 2 saturated heterocycles. The Kier molecular flexibility index (Phi) is 2.84. The quantitative estimate of drug-likeness (QED) is 0.792. The van der Waals surface area contributed by atoms with Gasteiger partial charge in [-0.25, -0.2) is 9.97 Å². The maximum absolute atomic E-state index is 4.31. The predicted octanol–water partition coefficient (Wildman–Crippen LogP) is 0.660. The third-order valence-electron chi connectivity index (χ3n) is 3.80. The molecule has 0 saturated carbocycles. The first kappa shape index (κ1) is 10.2. The Hall–Kier alpha value is -1.00. The number of likely N-dealkylation sites (tertiary alicyclic amines) is 1. The summed E-state index contributed by atoms with van der Waals surface area (Å²) in [4.78, 5) is 10.9. The first-order chi connectivity index (χ1) is 7.93. The summed E-state index contributed by atoms with van der Waals surface area (Å²) in [6, 6.07) is 2.75. The molecule has 3 heterocycles. The second-order valence-electron chi connectivity index (χ2n) is 4.80. The van der Waals surface area contributed by atoms with Crippen molar-refractivity contribution in [2.24, 2.45) is 5.92 Å². The molecular formula is C12H18N4. The highest BCUT2D eigenvalue weighted by Gasteiger charge is 2.34. The highest BCUT2D eigenvalue weighted by molar-refractivity contribution is 5.00. The molecule has 86 valence electrons. The summed E-state index contributed by atoms with van der Waals surface area (Å²) in [5.41, 5.74) is 1.14. The Morgan fingerprint density at radius 3 is 3.31 bits per heavy atom. The minimum absolute atomic E-state index is 0.726. The van der Waals surface area contributed by atoms with Crippen LogP contribution in [0.15, 0.2) is 18.6 Å². The molecule has 2 aliphatic rings. The minimum atomic E-state index is 0.726. The van der Waals surface area contributed by atoms with Gasteiger partial charge in [0.05, 0.1) is 5.69 Å². The molecule has 0 spiro atoms. The van der Waals surface area contributed by atoms with Crippen molar-refractivity contribution in [2.75, 3.05) is 19.6 Å². The molecule has 0 amide bonds. The lowest BCUT2D eigenvalue weighted by Crippen LogP contribution is -2.44. The van der Waals surface area contributed by atoms with E-state index in [0.29, 0.717) is 0 Å². The molecule has 0 aromatic carbocycles. The van der Waals surface area contributed by atoms with Crippen molar-refractivity contribution < 1.29 is 0 Å². The van der Waals surface area contributed by atoms with E-state index in [2.05, 4.69) is 20.2 Å². The van der Waals surface area contributed by atoms with Gasteiger partial charge in [-0.15, -0.1) is 0 Å². The lowest BCUT2D eigenvalue weighted by atomic mass is 9.92. The Morgan fingerprint density at radius 1 is 1.44 bits per heavy atom. The van der Waals surface area contributed by atoms with Gasteiger partial charge < -0.3 is 5.32 Å². The molecule has 0 bridgehead atoms. The van der Waals surface area contributed by atoms with E-state index < -0.39 is 0 Å². The molecule has 1 aromatic heterocycles. The summed E-state index contributed by atoms with van der Waals surface area (Å²) >= 11 is 0. The molecule has 3 rings (SSSR count). The van der Waals surface area contributed by atoms with E-state index in [1.54, 1.807) is 6.33 Å². The van der Waals surface area contributed by atoms with Crippen LogP contribution >= 0.6 is 0 Å². The highest BCUT2D eigenvalue weighted by Crippen LogP contribution is 2.27. The Morgan fingerprint density at radius 2 is 2.44 bits per heavy atom. The smallest absolute Gasteiger partial charge is 0.115 e. The fourth-order valence-corrected chi connectivity index (χ4v) is 2.98. The minimum Gasteiger partial charge on any atom is -0.315 e. The van der Waals surface area contributed by atoms with E-state index in [-0.39, 0.29) is 0 Å². The van der Waals surface area contributed by atoms with Crippen molar-refractivity contribution in [1.82, 2.24) is 20.2 Å². The van der Waals surface area contributed by atoms with Crippen molar-refractivity contribution in [1.29, 1.82) is 0 Å². The van der Waals surface area contributed by atoms with E-state index in [1.807, 2.05) is 12.3 Å². The molecule has 16 heavy (non-hydrogen) atoms. The van der Waals surface area contributed by atoms with Gasteiger partial charge in [-0.2, -0.15) is 0 Å². The van der Waals surface area contributed by atoms with E-state index in [4.69, 9.17) is 0 Å². The Balaban J connectivity index is 1.70. The van der Waals surface area contributed by atoms with Crippen LogP contribution < -0.4 is 5.32 Å². The zero-order chi connectivity index (χ0) is 10.8. The third kappa shape index (κ3) is 1.95. The average Bonchev–Trinajstić information content (AvgIpc) is 2.80. The second-order valence-corrected chi connectivity index (χ2v) is 4.80. The monoisotopic (exact) mass is 218 g/mol. The Labute approximate surface area is 96.1 Å². The largest absolute Gasteiger partial charge is 0.315 e. The molecular weight excluding hydrogens is 200 g/mol. The van der Waals surface area contributed by atoms with Gasteiger partial charge in [0.1, 0.15) is 6.33 Å². The molecule has 0 radical (unpaired) electrons. The van der Waals surface area contributed by atoms with Gasteiger partial charge in [-0.05, 0) is 37.9 Å². The summed E-state index contributed by atoms with van der Waals surface area (Å²) in [6.07, 6.45) is 6.19. The topological polar surface area (TPSA) is 41.0 Å². The zero-order valence-corrected chi connectivity index (χ0v) is 9.47. The molecule has 1 aromatic rings. The van der Waals surface area contributed by atoms with Crippen LogP contribution in [-0.2, 0) is 6.54 Å². The van der Waals surface area contributed by atoms with Crippen molar-refractivity contribution in [3.8, 4) is 0 Å². The van der Waals surface area contributed by atoms with Crippen LogP contribution in [-0.4, -0.2) is 40.5 Å². The van der Waals surface area contributed by atoms with Crippen LogP contribution in [0.25, 0.3) is 0 Å². The highest BCUT2D eigenvalue weighted by atomic mass is 15.2. The van der Waals surface area contributed by atoms with Crippen LogP contribution in [0.1, 0.15) is 18.5 Å². The number of piperidine rings is 1. The SMILES string of the molecule is c1cc(CN2CCCC3CNCC32)ncn1. The maximum Gasteiger partial charge on any atom is 0.115 e. The number of fused-ring (bicyclic) bond motifs is 1. The van der Waals surface area contributed by atoms with Gasteiger partial charge in [0.25, 0.3) is 0 Å². The summed E-state index contributed by atoms with van der Waals surface area (Å²) in [5.74, 6) is 0.857. The molecule has 2 unspecified atom stereocenters. The van der Waals surface area contributed by atoms with E-state index in [1.165, 1.54) is 25.9 Å². The summed E-state index contributed by atoms with van der Waals surface area (Å²) in [7, 11) is 0. The van der Waals surface area contributed by atoms with Crippen LogP contribution in [0, 0.1) is 5.92 Å². The molecule has 2 fully saturated rings. The summed E-state index contributed by atoms with van der Waals surface area (Å²) in [6.45, 7) is 4.54. The molecule has 4 nitrogen and oxygen atoms in total. The van der Waals surface area contributed by atoms with Crippen molar-refractivity contribution in [2.45, 2.75) is 25.4 Å². The van der Waals surface area contributed by atoms with E-state index in [0.717, 1.165) is 30.7 Å². The summed E-state index contributed by atoms with van der Waals surface area (Å²) in [5, 5.41) is 3.51. The third-order valence-corrected chi connectivity index (χ3v) is 3.80. The van der Waals surface area contributed by atoms with Gasteiger partial charge in [0, 0.05) is 25.3 Å². The van der Waals surface area contributed by atoms with Gasteiger partial charge in [-0.3, -0.25) is 4.90 Å². The van der Waals surface area contributed by atoms with E-state index in [9.17, 15) is 0 Å². The van der Waals surface area contributed by atoms with Gasteiger partial charge in [0.15, 0.2) is 0 Å². The zero-order valence-electron chi connectivity index (χ0n) is 9.47. The number of nitrogens with zero attached hydrogens (tertiary/aromatic N) is 3. The lowest BCUT2D eigenvalue weighted by molar-refractivity contribution is 0.116. The fourth-order valence-electron chi connectivity index (χ4n) is 2.98. The number of nitrogens with one attached hydrogen (secondary N) is 1. The van der Waals surface area contributed by atoms with Gasteiger partial charge in [-0.1, -0.05) is 0 Å². The van der Waals surface area contributed by atoms with Crippen LogP contribution in [0.4, 0.5) is 0 Å². The van der Waals surface area contributed by atoms with Gasteiger partial charge >= 0.3 is 0 Å². The van der Waals surface area contributed by atoms with Crippen molar-refractivity contribution in [3.05, 3.63) is 24.3 Å². The first-order valence-corrected chi connectivity index (χ1v) is 6.13. The first-order valence-electron chi connectivity index (χ1n) is 6.13. The Bertz CT molecular complexity index is 340. The maximum atomic E-state index is 4.31. The van der Waals surface area contributed by atoms with Crippen LogP contribution in [0.3, 0.4) is 0 Å². The standard InChI is InChI=1S/C12H18N4/c1-2-10-6-14-7-12(10)16(5-1)8-11-3-4-13-9-15-11/h3-4,9-10,12,14H,1-2,5-8H2. The molecule has 2 atom stereocenters. The van der Waals surface area contributed by atoms with Gasteiger partial charge in [0.2, 0.25) is 0 Å². The number of rotatable bonds is 2. The molecule has 0 aliphatic carbocycles. The lowest BCUT2D eigenvalue weighted by Gasteiger charge is -2.36. The molecule has 1 N–H and O–H groups in total. The fraction of sp³-hybridized carbons (Fsp3) is 0.667. The number of hydrogen-bond acceptors (Lipinski definition) is 4. The molecule has 4 heteroatoms. The number of hydrogen-bond donors (Lipinski definition) is 1. The predicted molar refractivity (Wildman–Crippen MR) is 61.8 cm³/mol. The normalized spacial score (nSPS) is 30.2.